The monoisotopic (exact) mass is 316 g/mol. The van der Waals surface area contributed by atoms with Crippen LogP contribution in [-0.2, 0) is 6.42 Å². The average Bonchev–Trinajstić information content (AvgIpc) is 2.46. The molecule has 2 aliphatic rings. The van der Waals surface area contributed by atoms with Crippen molar-refractivity contribution in [3.8, 4) is 11.5 Å². The van der Waals surface area contributed by atoms with E-state index in [-0.39, 0.29) is 5.60 Å². The Labute approximate surface area is 141 Å². The molecule has 1 aliphatic heterocycles. The zero-order chi connectivity index (χ0) is 16.6. The molecule has 0 spiro atoms. The number of rotatable bonds is 4. The van der Waals surface area contributed by atoms with Gasteiger partial charge in [0.1, 0.15) is 17.1 Å². The molecule has 1 heterocycles. The summed E-state index contributed by atoms with van der Waals surface area (Å²) < 4.78 is 6.39. The van der Waals surface area contributed by atoms with Crippen molar-refractivity contribution in [1.29, 1.82) is 0 Å². The number of aromatic hydroxyl groups is 1. The molecule has 2 nitrogen and oxygen atoms in total. The summed E-state index contributed by atoms with van der Waals surface area (Å²) in [6.45, 7) is 9.02. The zero-order valence-electron chi connectivity index (χ0n) is 15.2. The van der Waals surface area contributed by atoms with E-state index in [1.165, 1.54) is 44.1 Å². The van der Waals surface area contributed by atoms with Crippen LogP contribution in [0.25, 0.3) is 0 Å². The van der Waals surface area contributed by atoms with Crippen LogP contribution in [-0.4, -0.2) is 10.7 Å². The predicted molar refractivity (Wildman–Crippen MR) is 95.3 cm³/mol. The molecular weight excluding hydrogens is 284 g/mol. The van der Waals surface area contributed by atoms with Gasteiger partial charge in [-0.1, -0.05) is 33.1 Å². The fourth-order valence-electron chi connectivity index (χ4n) is 4.74. The Bertz CT molecular complexity index is 561. The molecule has 1 aromatic rings. The van der Waals surface area contributed by atoms with E-state index < -0.39 is 0 Å². The van der Waals surface area contributed by atoms with E-state index in [4.69, 9.17) is 4.74 Å². The lowest BCUT2D eigenvalue weighted by Gasteiger charge is -2.48. The lowest BCUT2D eigenvalue weighted by molar-refractivity contribution is -0.0145. The van der Waals surface area contributed by atoms with Crippen LogP contribution in [0.1, 0.15) is 83.3 Å². The van der Waals surface area contributed by atoms with Crippen molar-refractivity contribution in [3.05, 3.63) is 23.3 Å². The molecule has 1 aliphatic carbocycles. The highest BCUT2D eigenvalue weighted by Gasteiger charge is 2.47. The first-order chi connectivity index (χ1) is 10.9. The smallest absolute Gasteiger partial charge is 0.127 e. The zero-order valence-corrected chi connectivity index (χ0v) is 15.2. The highest BCUT2D eigenvalue weighted by molar-refractivity contribution is 5.52. The van der Waals surface area contributed by atoms with E-state index >= 15 is 0 Å². The van der Waals surface area contributed by atoms with Crippen molar-refractivity contribution in [1.82, 2.24) is 0 Å². The van der Waals surface area contributed by atoms with E-state index in [9.17, 15) is 5.11 Å². The predicted octanol–water partition coefficient (Wildman–Crippen LogP) is 5.82. The number of phenols is 1. The summed E-state index contributed by atoms with van der Waals surface area (Å²) in [5.74, 6) is 3.11. The number of phenolic OH excluding ortho intramolecular Hbond substituents is 1. The molecule has 1 N–H and O–H groups in total. The molecule has 0 aromatic heterocycles. The summed E-state index contributed by atoms with van der Waals surface area (Å²) in [6, 6.07) is 4.19. The van der Waals surface area contributed by atoms with Gasteiger partial charge in [0, 0.05) is 11.5 Å². The number of aryl methyl sites for hydroxylation is 1. The molecule has 23 heavy (non-hydrogen) atoms. The molecule has 0 bridgehead atoms. The lowest BCUT2D eigenvalue weighted by Crippen LogP contribution is -2.46. The highest BCUT2D eigenvalue weighted by Crippen LogP contribution is 2.55. The SMILES string of the molecule is CCCCCc1cc(O)c2c(c1)OC(C)(C)[C@H]1CCC(C)C[C@H]21. The fraction of sp³-hybridized carbons (Fsp3) is 0.714. The van der Waals surface area contributed by atoms with Gasteiger partial charge in [0.05, 0.1) is 0 Å². The van der Waals surface area contributed by atoms with Crippen LogP contribution in [0, 0.1) is 11.8 Å². The van der Waals surface area contributed by atoms with Crippen molar-refractivity contribution in [2.24, 2.45) is 11.8 Å². The quantitative estimate of drug-likeness (QED) is 0.710. The first-order valence-electron chi connectivity index (χ1n) is 9.47. The Morgan fingerprint density at radius 2 is 2.00 bits per heavy atom. The largest absolute Gasteiger partial charge is 0.508 e. The maximum Gasteiger partial charge on any atom is 0.127 e. The van der Waals surface area contributed by atoms with Gasteiger partial charge in [0.15, 0.2) is 0 Å². The maximum absolute atomic E-state index is 10.7. The van der Waals surface area contributed by atoms with Crippen molar-refractivity contribution >= 4 is 0 Å². The summed E-state index contributed by atoms with van der Waals surface area (Å²) in [4.78, 5) is 0. The van der Waals surface area contributed by atoms with Crippen LogP contribution < -0.4 is 4.74 Å². The van der Waals surface area contributed by atoms with Crippen molar-refractivity contribution in [3.63, 3.8) is 0 Å². The molecule has 128 valence electrons. The minimum absolute atomic E-state index is 0.133. The second-order valence-electron chi connectivity index (χ2n) is 8.32. The molecular formula is C21H32O2. The van der Waals surface area contributed by atoms with E-state index in [1.807, 2.05) is 6.07 Å². The summed E-state index contributed by atoms with van der Waals surface area (Å²) in [5, 5.41) is 10.7. The average molecular weight is 316 g/mol. The normalized spacial score (nSPS) is 28.6. The molecule has 1 aromatic carbocycles. The molecule has 3 atom stereocenters. The summed E-state index contributed by atoms with van der Waals surface area (Å²) in [5.41, 5.74) is 2.17. The van der Waals surface area contributed by atoms with E-state index in [1.54, 1.807) is 0 Å². The first-order valence-corrected chi connectivity index (χ1v) is 9.47. The second kappa shape index (κ2) is 6.37. The molecule has 2 heteroatoms. The van der Waals surface area contributed by atoms with E-state index in [0.717, 1.165) is 23.7 Å². The molecule has 3 rings (SSSR count). The van der Waals surface area contributed by atoms with Crippen LogP contribution in [0.5, 0.6) is 11.5 Å². The number of hydrogen-bond acceptors (Lipinski definition) is 2. The Kier molecular flexibility index (Phi) is 4.62. The number of ether oxygens (including phenoxy) is 1. The fourth-order valence-corrected chi connectivity index (χ4v) is 4.74. The van der Waals surface area contributed by atoms with Gasteiger partial charge in [-0.15, -0.1) is 0 Å². The maximum atomic E-state index is 10.7. The number of unbranched alkanes of at least 4 members (excludes halogenated alkanes) is 2. The van der Waals surface area contributed by atoms with Crippen LogP contribution in [0.15, 0.2) is 12.1 Å². The number of fused-ring (bicyclic) bond motifs is 3. The highest BCUT2D eigenvalue weighted by atomic mass is 16.5. The third kappa shape index (κ3) is 3.22. The Hall–Kier alpha value is -1.18. The van der Waals surface area contributed by atoms with Gasteiger partial charge < -0.3 is 9.84 Å². The van der Waals surface area contributed by atoms with E-state index in [0.29, 0.717) is 17.6 Å². The number of benzene rings is 1. The van der Waals surface area contributed by atoms with Crippen molar-refractivity contribution < 1.29 is 9.84 Å². The minimum atomic E-state index is -0.133. The Morgan fingerprint density at radius 3 is 2.74 bits per heavy atom. The molecule has 0 saturated heterocycles. The minimum Gasteiger partial charge on any atom is -0.508 e. The van der Waals surface area contributed by atoms with Gasteiger partial charge in [0.2, 0.25) is 0 Å². The molecule has 1 unspecified atom stereocenters. The molecule has 0 amide bonds. The molecule has 0 radical (unpaired) electrons. The Morgan fingerprint density at radius 1 is 1.22 bits per heavy atom. The van der Waals surface area contributed by atoms with Gasteiger partial charge in [-0.2, -0.15) is 0 Å². The summed E-state index contributed by atoms with van der Waals surface area (Å²) in [6.07, 6.45) is 8.33. The standard InChI is InChI=1S/C21H32O2/c1-5-6-7-8-15-12-18(22)20-16-11-14(2)9-10-17(16)21(3,4)23-19(20)13-15/h12-14,16-17,22H,5-11H2,1-4H3/t14?,16-,17-/m0/s1. The third-order valence-corrected chi connectivity index (χ3v) is 6.00. The van der Waals surface area contributed by atoms with Crippen LogP contribution in [0.3, 0.4) is 0 Å². The molecule has 1 saturated carbocycles. The van der Waals surface area contributed by atoms with Crippen molar-refractivity contribution in [2.75, 3.05) is 0 Å². The summed E-state index contributed by atoms with van der Waals surface area (Å²) in [7, 11) is 0. The van der Waals surface area contributed by atoms with Gasteiger partial charge >= 0.3 is 0 Å². The van der Waals surface area contributed by atoms with Crippen LogP contribution in [0.4, 0.5) is 0 Å². The van der Waals surface area contributed by atoms with Crippen LogP contribution in [0.2, 0.25) is 0 Å². The lowest BCUT2D eigenvalue weighted by atomic mass is 9.64. The van der Waals surface area contributed by atoms with Crippen LogP contribution >= 0.6 is 0 Å². The first kappa shape index (κ1) is 16.7. The van der Waals surface area contributed by atoms with E-state index in [2.05, 4.69) is 33.8 Å². The van der Waals surface area contributed by atoms with Crippen molar-refractivity contribution in [2.45, 2.75) is 84.2 Å². The number of hydrogen-bond donors (Lipinski definition) is 1. The third-order valence-electron chi connectivity index (χ3n) is 6.00. The van der Waals surface area contributed by atoms with Gasteiger partial charge in [-0.25, -0.2) is 0 Å². The Balaban J connectivity index is 1.94. The van der Waals surface area contributed by atoms with Gasteiger partial charge in [0.25, 0.3) is 0 Å². The van der Waals surface area contributed by atoms with Gasteiger partial charge in [-0.3, -0.25) is 0 Å². The van der Waals surface area contributed by atoms with Gasteiger partial charge in [-0.05, 0) is 69.1 Å². The second-order valence-corrected chi connectivity index (χ2v) is 8.32. The molecule has 1 fully saturated rings. The topological polar surface area (TPSA) is 29.5 Å². The summed E-state index contributed by atoms with van der Waals surface area (Å²) >= 11 is 0.